The van der Waals surface area contributed by atoms with Gasteiger partial charge in [-0.3, -0.25) is 4.79 Å². The van der Waals surface area contributed by atoms with Crippen LogP contribution in [0.3, 0.4) is 0 Å². The first-order chi connectivity index (χ1) is 8.60. The summed E-state index contributed by atoms with van der Waals surface area (Å²) >= 11 is 0. The molecule has 0 fully saturated rings. The molecule has 0 saturated carbocycles. The number of hydrogen-bond acceptors (Lipinski definition) is 4. The minimum atomic E-state index is -0.203. The van der Waals surface area contributed by atoms with Crippen LogP contribution < -0.4 is 0 Å². The Morgan fingerprint density at radius 3 is 2.94 bits per heavy atom. The predicted octanol–water partition coefficient (Wildman–Crippen LogP) is 1.45. The number of carbonyl (C=O) groups excluding carboxylic acids is 1. The number of amides is 1. The van der Waals surface area contributed by atoms with E-state index in [0.29, 0.717) is 23.6 Å². The van der Waals surface area contributed by atoms with E-state index in [2.05, 4.69) is 10.1 Å². The third-order valence-corrected chi connectivity index (χ3v) is 2.46. The third-order valence-electron chi connectivity index (χ3n) is 2.46. The maximum Gasteiger partial charge on any atom is 0.270 e. The van der Waals surface area contributed by atoms with Gasteiger partial charge >= 0.3 is 0 Å². The standard InChI is InChI=1S/C12H12N4O2/c1-8-3-10(18-15-8)7-16(2)12(17)11-4-9(5-13)6-14-11/h3-4,6,14H,7H2,1-2H3. The monoisotopic (exact) mass is 244 g/mol. The van der Waals surface area contributed by atoms with Gasteiger partial charge in [0.2, 0.25) is 0 Å². The van der Waals surface area contributed by atoms with E-state index in [1.807, 2.05) is 13.0 Å². The average molecular weight is 244 g/mol. The second-order valence-corrected chi connectivity index (χ2v) is 4.01. The number of carbonyl (C=O) groups is 1. The summed E-state index contributed by atoms with van der Waals surface area (Å²) in [7, 11) is 1.66. The molecule has 18 heavy (non-hydrogen) atoms. The molecule has 2 aromatic rings. The van der Waals surface area contributed by atoms with E-state index in [1.165, 1.54) is 17.2 Å². The normalized spacial score (nSPS) is 10.1. The van der Waals surface area contributed by atoms with Gasteiger partial charge in [-0.15, -0.1) is 0 Å². The summed E-state index contributed by atoms with van der Waals surface area (Å²) in [5.74, 6) is 0.418. The molecule has 0 radical (unpaired) electrons. The SMILES string of the molecule is Cc1cc(CN(C)C(=O)c2cc(C#N)c[nH]2)on1. The fraction of sp³-hybridized carbons (Fsp3) is 0.250. The largest absolute Gasteiger partial charge is 0.359 e. The molecule has 0 aliphatic heterocycles. The molecule has 0 bridgehead atoms. The first kappa shape index (κ1) is 11.9. The van der Waals surface area contributed by atoms with Gasteiger partial charge in [0.05, 0.1) is 17.8 Å². The van der Waals surface area contributed by atoms with E-state index in [-0.39, 0.29) is 5.91 Å². The van der Waals surface area contributed by atoms with Gasteiger partial charge in [0, 0.05) is 19.3 Å². The molecule has 92 valence electrons. The molecule has 0 unspecified atom stereocenters. The van der Waals surface area contributed by atoms with Gasteiger partial charge in [0.25, 0.3) is 5.91 Å². The molecule has 0 spiro atoms. The molecule has 0 aromatic carbocycles. The molecule has 2 rings (SSSR count). The quantitative estimate of drug-likeness (QED) is 0.885. The van der Waals surface area contributed by atoms with Crippen molar-refractivity contribution in [2.24, 2.45) is 0 Å². The molecule has 1 amide bonds. The van der Waals surface area contributed by atoms with E-state index in [9.17, 15) is 4.79 Å². The Balaban J connectivity index is 2.07. The summed E-state index contributed by atoms with van der Waals surface area (Å²) < 4.78 is 5.04. The van der Waals surface area contributed by atoms with Crippen LogP contribution in [0.15, 0.2) is 22.9 Å². The van der Waals surface area contributed by atoms with Crippen LogP contribution in [0.5, 0.6) is 0 Å². The molecule has 1 N–H and O–H groups in total. The number of aromatic nitrogens is 2. The molecular formula is C12H12N4O2. The fourth-order valence-corrected chi connectivity index (χ4v) is 1.58. The molecule has 6 nitrogen and oxygen atoms in total. The average Bonchev–Trinajstić information content (AvgIpc) is 2.97. The highest BCUT2D eigenvalue weighted by Gasteiger charge is 2.15. The number of hydrogen-bond donors (Lipinski definition) is 1. The van der Waals surface area contributed by atoms with Crippen LogP contribution >= 0.6 is 0 Å². The number of aromatic amines is 1. The molecule has 6 heteroatoms. The molecule has 0 atom stereocenters. The predicted molar refractivity (Wildman–Crippen MR) is 62.5 cm³/mol. The number of rotatable bonds is 3. The van der Waals surface area contributed by atoms with Crippen molar-refractivity contribution in [3.8, 4) is 6.07 Å². The van der Waals surface area contributed by atoms with Gasteiger partial charge in [-0.25, -0.2) is 0 Å². The summed E-state index contributed by atoms with van der Waals surface area (Å²) in [6.07, 6.45) is 1.50. The van der Waals surface area contributed by atoms with Crippen molar-refractivity contribution in [1.82, 2.24) is 15.0 Å². The van der Waals surface area contributed by atoms with Crippen LogP contribution in [0.2, 0.25) is 0 Å². The van der Waals surface area contributed by atoms with E-state index < -0.39 is 0 Å². The lowest BCUT2D eigenvalue weighted by molar-refractivity contribution is 0.0767. The van der Waals surface area contributed by atoms with Gasteiger partial charge in [-0.05, 0) is 13.0 Å². The van der Waals surface area contributed by atoms with Crippen LogP contribution in [0, 0.1) is 18.3 Å². The Labute approximate surface area is 104 Å². The van der Waals surface area contributed by atoms with Crippen LogP contribution in [-0.2, 0) is 6.54 Å². The van der Waals surface area contributed by atoms with E-state index in [1.54, 1.807) is 13.1 Å². The maximum atomic E-state index is 12.0. The Kier molecular flexibility index (Phi) is 3.15. The van der Waals surface area contributed by atoms with E-state index in [4.69, 9.17) is 9.78 Å². The van der Waals surface area contributed by atoms with Gasteiger partial charge in [-0.2, -0.15) is 5.26 Å². The zero-order chi connectivity index (χ0) is 13.1. The van der Waals surface area contributed by atoms with Crippen molar-refractivity contribution in [3.63, 3.8) is 0 Å². The smallest absolute Gasteiger partial charge is 0.270 e. The molecule has 0 aliphatic rings. The second-order valence-electron chi connectivity index (χ2n) is 4.01. The van der Waals surface area contributed by atoms with Crippen LogP contribution in [0.25, 0.3) is 0 Å². The number of nitriles is 1. The van der Waals surface area contributed by atoms with Crippen molar-refractivity contribution >= 4 is 5.91 Å². The summed E-state index contributed by atoms with van der Waals surface area (Å²) in [5, 5.41) is 12.4. The lowest BCUT2D eigenvalue weighted by Crippen LogP contribution is -2.26. The number of aryl methyl sites for hydroxylation is 1. The van der Waals surface area contributed by atoms with Gasteiger partial charge in [-0.1, -0.05) is 5.16 Å². The lowest BCUT2D eigenvalue weighted by atomic mass is 10.3. The molecule has 0 aliphatic carbocycles. The lowest BCUT2D eigenvalue weighted by Gasteiger charge is -2.13. The Bertz CT molecular complexity index is 606. The third kappa shape index (κ3) is 2.40. The highest BCUT2D eigenvalue weighted by molar-refractivity contribution is 5.92. The molecule has 0 saturated heterocycles. The highest BCUT2D eigenvalue weighted by Crippen LogP contribution is 2.09. The summed E-state index contributed by atoms with van der Waals surface area (Å²) in [5.41, 5.74) is 1.59. The minimum Gasteiger partial charge on any atom is -0.359 e. The minimum absolute atomic E-state index is 0.203. The van der Waals surface area contributed by atoms with Crippen molar-refractivity contribution in [1.29, 1.82) is 5.26 Å². The van der Waals surface area contributed by atoms with E-state index >= 15 is 0 Å². The van der Waals surface area contributed by atoms with Crippen molar-refractivity contribution in [2.45, 2.75) is 13.5 Å². The van der Waals surface area contributed by atoms with Gasteiger partial charge < -0.3 is 14.4 Å². The zero-order valence-corrected chi connectivity index (χ0v) is 10.1. The fourth-order valence-electron chi connectivity index (χ4n) is 1.58. The Morgan fingerprint density at radius 1 is 1.61 bits per heavy atom. The van der Waals surface area contributed by atoms with Crippen LogP contribution in [0.1, 0.15) is 27.5 Å². The second kappa shape index (κ2) is 4.75. The number of nitrogens with one attached hydrogen (secondary N) is 1. The Morgan fingerprint density at radius 2 is 2.39 bits per heavy atom. The highest BCUT2D eigenvalue weighted by atomic mass is 16.5. The first-order valence-electron chi connectivity index (χ1n) is 5.36. The first-order valence-corrected chi connectivity index (χ1v) is 5.36. The van der Waals surface area contributed by atoms with Gasteiger partial charge in [0.1, 0.15) is 11.8 Å². The molecular weight excluding hydrogens is 232 g/mol. The van der Waals surface area contributed by atoms with Crippen molar-refractivity contribution in [2.75, 3.05) is 7.05 Å². The topological polar surface area (TPSA) is 85.9 Å². The summed E-state index contributed by atoms with van der Waals surface area (Å²) in [6, 6.07) is 5.26. The number of H-pyrrole nitrogens is 1. The van der Waals surface area contributed by atoms with Crippen LogP contribution in [0.4, 0.5) is 0 Å². The summed E-state index contributed by atoms with van der Waals surface area (Å²) in [6.45, 7) is 2.15. The maximum absolute atomic E-state index is 12.0. The zero-order valence-electron chi connectivity index (χ0n) is 10.1. The number of nitrogens with zero attached hydrogens (tertiary/aromatic N) is 3. The molecule has 2 aromatic heterocycles. The van der Waals surface area contributed by atoms with E-state index in [0.717, 1.165) is 5.69 Å². The summed E-state index contributed by atoms with van der Waals surface area (Å²) in [4.78, 5) is 16.3. The van der Waals surface area contributed by atoms with Crippen molar-refractivity contribution < 1.29 is 9.32 Å². The van der Waals surface area contributed by atoms with Crippen LogP contribution in [-0.4, -0.2) is 28.0 Å². The molecule has 2 heterocycles. The van der Waals surface area contributed by atoms with Gasteiger partial charge in [0.15, 0.2) is 5.76 Å². The van der Waals surface area contributed by atoms with Crippen molar-refractivity contribution in [3.05, 3.63) is 41.0 Å². The Hall–Kier alpha value is -2.55.